The van der Waals surface area contributed by atoms with E-state index in [0.717, 1.165) is 0 Å². The van der Waals surface area contributed by atoms with Gasteiger partial charge in [-0.1, -0.05) is 0 Å². The summed E-state index contributed by atoms with van der Waals surface area (Å²) in [7, 11) is -3.13. The van der Waals surface area contributed by atoms with E-state index in [1.54, 1.807) is 0 Å². The second-order valence-corrected chi connectivity index (χ2v) is 1.86. The SMILES string of the molecule is O=[P+](O)OCC(F)(F)F. The summed E-state index contributed by atoms with van der Waals surface area (Å²) in [5.74, 6) is 0. The first-order valence-corrected chi connectivity index (χ1v) is 2.90. The molecule has 0 rings (SSSR count). The van der Waals surface area contributed by atoms with Crippen LogP contribution in [0.15, 0.2) is 0 Å². The summed E-state index contributed by atoms with van der Waals surface area (Å²) in [6.45, 7) is -1.68. The smallest absolute Gasteiger partial charge is 0.168 e. The molecule has 0 aliphatic carbocycles. The number of hydrogen-bond acceptors (Lipinski definition) is 2. The van der Waals surface area contributed by atoms with E-state index in [1.165, 1.54) is 0 Å². The van der Waals surface area contributed by atoms with E-state index in [-0.39, 0.29) is 0 Å². The van der Waals surface area contributed by atoms with E-state index in [4.69, 9.17) is 4.89 Å². The molecular formula is C2H3F3O3P+. The van der Waals surface area contributed by atoms with Crippen molar-refractivity contribution in [2.24, 2.45) is 0 Å². The van der Waals surface area contributed by atoms with E-state index in [0.29, 0.717) is 0 Å². The third-order valence-electron chi connectivity index (χ3n) is 0.339. The molecule has 7 heteroatoms. The Hall–Kier alpha value is -0.190. The fourth-order valence-corrected chi connectivity index (χ4v) is 0.385. The molecule has 0 aromatic heterocycles. The zero-order valence-electron chi connectivity index (χ0n) is 4.05. The van der Waals surface area contributed by atoms with E-state index >= 15 is 0 Å². The Morgan fingerprint density at radius 3 is 2.11 bits per heavy atom. The van der Waals surface area contributed by atoms with Gasteiger partial charge >= 0.3 is 14.4 Å². The van der Waals surface area contributed by atoms with Gasteiger partial charge < -0.3 is 0 Å². The second-order valence-electron chi connectivity index (χ2n) is 1.13. The molecule has 0 heterocycles. The van der Waals surface area contributed by atoms with Crippen LogP contribution >= 0.6 is 8.25 Å². The molecule has 0 aliphatic heterocycles. The molecule has 9 heavy (non-hydrogen) atoms. The van der Waals surface area contributed by atoms with Gasteiger partial charge in [-0.15, -0.1) is 9.42 Å². The van der Waals surface area contributed by atoms with Crippen LogP contribution in [0.25, 0.3) is 0 Å². The highest BCUT2D eigenvalue weighted by atomic mass is 31.1. The number of alkyl halides is 3. The topological polar surface area (TPSA) is 46.5 Å². The van der Waals surface area contributed by atoms with Crippen LogP contribution in [0.2, 0.25) is 0 Å². The van der Waals surface area contributed by atoms with Crippen molar-refractivity contribution in [1.82, 2.24) is 0 Å². The van der Waals surface area contributed by atoms with Crippen molar-refractivity contribution in [2.75, 3.05) is 6.61 Å². The molecule has 0 saturated heterocycles. The molecule has 0 amide bonds. The predicted octanol–water partition coefficient (Wildman–Crippen LogP) is 1.21. The van der Waals surface area contributed by atoms with Crippen LogP contribution in [0.1, 0.15) is 0 Å². The van der Waals surface area contributed by atoms with Crippen molar-refractivity contribution >= 4 is 8.25 Å². The Morgan fingerprint density at radius 2 is 2.00 bits per heavy atom. The normalized spacial score (nSPS) is 13.6. The predicted molar refractivity (Wildman–Crippen MR) is 21.8 cm³/mol. The highest BCUT2D eigenvalue weighted by Crippen LogP contribution is 2.22. The average molecular weight is 163 g/mol. The third kappa shape index (κ3) is 7.81. The Labute approximate surface area is 49.4 Å². The summed E-state index contributed by atoms with van der Waals surface area (Å²) in [4.78, 5) is 7.70. The second kappa shape index (κ2) is 3.10. The van der Waals surface area contributed by atoms with Gasteiger partial charge in [0.25, 0.3) is 0 Å². The maximum atomic E-state index is 11.1. The summed E-state index contributed by atoms with van der Waals surface area (Å²) in [6, 6.07) is 0. The van der Waals surface area contributed by atoms with Crippen molar-refractivity contribution in [3.05, 3.63) is 0 Å². The number of halogens is 3. The molecule has 1 N–H and O–H groups in total. The van der Waals surface area contributed by atoms with Gasteiger partial charge in [-0.2, -0.15) is 13.2 Å². The molecule has 3 nitrogen and oxygen atoms in total. The van der Waals surface area contributed by atoms with Crippen molar-refractivity contribution in [3.63, 3.8) is 0 Å². The minimum Gasteiger partial charge on any atom is -0.168 e. The van der Waals surface area contributed by atoms with Gasteiger partial charge in [-0.3, -0.25) is 0 Å². The van der Waals surface area contributed by atoms with Crippen LogP contribution in [0.3, 0.4) is 0 Å². The van der Waals surface area contributed by atoms with Gasteiger partial charge in [0.2, 0.25) is 6.61 Å². The summed E-state index contributed by atoms with van der Waals surface area (Å²) in [5.41, 5.74) is 0. The van der Waals surface area contributed by atoms with Gasteiger partial charge in [0.1, 0.15) is 0 Å². The zero-order valence-corrected chi connectivity index (χ0v) is 4.95. The minimum atomic E-state index is -4.53. The fourth-order valence-electron chi connectivity index (χ4n) is 0.128. The lowest BCUT2D eigenvalue weighted by Crippen LogP contribution is -2.14. The quantitative estimate of drug-likeness (QED) is 0.622. The van der Waals surface area contributed by atoms with Gasteiger partial charge in [0.15, 0.2) is 0 Å². The van der Waals surface area contributed by atoms with E-state index < -0.39 is 21.0 Å². The van der Waals surface area contributed by atoms with Crippen molar-refractivity contribution < 1.29 is 27.2 Å². The zero-order chi connectivity index (χ0) is 7.49. The molecular weight excluding hydrogens is 160 g/mol. The Kier molecular flexibility index (Phi) is 3.03. The largest absolute Gasteiger partial charge is 0.695 e. The lowest BCUT2D eigenvalue weighted by Gasteiger charge is -1.96. The Morgan fingerprint density at radius 1 is 1.56 bits per heavy atom. The van der Waals surface area contributed by atoms with Crippen LogP contribution in [-0.4, -0.2) is 17.7 Å². The van der Waals surface area contributed by atoms with E-state index in [9.17, 15) is 17.7 Å². The highest BCUT2D eigenvalue weighted by molar-refractivity contribution is 7.32. The fraction of sp³-hybridized carbons (Fsp3) is 1.00. The van der Waals surface area contributed by atoms with Crippen molar-refractivity contribution in [2.45, 2.75) is 6.18 Å². The van der Waals surface area contributed by atoms with Gasteiger partial charge in [-0.05, 0) is 0 Å². The van der Waals surface area contributed by atoms with Crippen LogP contribution < -0.4 is 0 Å². The van der Waals surface area contributed by atoms with Gasteiger partial charge in [0.05, 0.1) is 0 Å². The first-order valence-electron chi connectivity index (χ1n) is 1.77. The van der Waals surface area contributed by atoms with Gasteiger partial charge in [-0.25, -0.2) is 0 Å². The Balaban J connectivity index is 3.39. The molecule has 0 spiro atoms. The molecule has 54 valence electrons. The van der Waals surface area contributed by atoms with Crippen molar-refractivity contribution in [1.29, 1.82) is 0 Å². The monoisotopic (exact) mass is 163 g/mol. The summed E-state index contributed by atoms with van der Waals surface area (Å²) in [5, 5.41) is 0. The van der Waals surface area contributed by atoms with Crippen LogP contribution in [0.5, 0.6) is 0 Å². The summed E-state index contributed by atoms with van der Waals surface area (Å²) in [6.07, 6.45) is -4.53. The van der Waals surface area contributed by atoms with E-state index in [1.807, 2.05) is 0 Å². The van der Waals surface area contributed by atoms with Gasteiger partial charge in [0, 0.05) is 4.57 Å². The lowest BCUT2D eigenvalue weighted by atomic mass is 10.7. The number of rotatable bonds is 2. The van der Waals surface area contributed by atoms with Crippen molar-refractivity contribution in [3.8, 4) is 0 Å². The highest BCUT2D eigenvalue weighted by Gasteiger charge is 2.33. The summed E-state index contributed by atoms with van der Waals surface area (Å²) >= 11 is 0. The van der Waals surface area contributed by atoms with Crippen LogP contribution in [0.4, 0.5) is 13.2 Å². The maximum Gasteiger partial charge on any atom is 0.695 e. The van der Waals surface area contributed by atoms with Crippen LogP contribution in [-0.2, 0) is 9.09 Å². The number of hydrogen-bond donors (Lipinski definition) is 1. The standard InChI is InChI=1S/C2H2F3O3P/c3-2(4,5)1-8-9(6)7/h1H2/p+1. The Bertz CT molecular complexity index is 110. The molecule has 0 aromatic carbocycles. The molecule has 0 bridgehead atoms. The van der Waals surface area contributed by atoms with E-state index in [2.05, 4.69) is 4.52 Å². The maximum absolute atomic E-state index is 11.1. The summed E-state index contributed by atoms with van der Waals surface area (Å²) < 4.78 is 46.0. The average Bonchev–Trinajstić information content (AvgIpc) is 1.59. The molecule has 0 radical (unpaired) electrons. The molecule has 0 fully saturated rings. The molecule has 0 saturated carbocycles. The lowest BCUT2D eigenvalue weighted by molar-refractivity contribution is -0.153. The molecule has 0 aromatic rings. The molecule has 1 unspecified atom stereocenters. The minimum absolute atomic E-state index is 1.68. The van der Waals surface area contributed by atoms with Crippen LogP contribution in [0, 0.1) is 0 Å². The molecule has 1 atom stereocenters. The first kappa shape index (κ1) is 8.81. The first-order chi connectivity index (χ1) is 3.92. The molecule has 0 aliphatic rings. The third-order valence-corrected chi connectivity index (χ3v) is 0.689.